The molecule has 22 heavy (non-hydrogen) atoms. The molecule has 1 N–H and O–H groups in total. The molecule has 1 atom stereocenters. The van der Waals surface area contributed by atoms with Crippen LogP contribution in [0.2, 0.25) is 0 Å². The summed E-state index contributed by atoms with van der Waals surface area (Å²) in [5, 5.41) is 3.75. The minimum atomic E-state index is 0.626. The third-order valence-corrected chi connectivity index (χ3v) is 4.89. The lowest BCUT2D eigenvalue weighted by atomic mass is 10.0. The van der Waals surface area contributed by atoms with Crippen LogP contribution in [0.1, 0.15) is 40.8 Å². The first-order chi connectivity index (χ1) is 10.7. The van der Waals surface area contributed by atoms with Crippen molar-refractivity contribution in [1.29, 1.82) is 0 Å². The van der Waals surface area contributed by atoms with E-state index in [-0.39, 0.29) is 0 Å². The van der Waals surface area contributed by atoms with Gasteiger partial charge in [-0.25, -0.2) is 0 Å². The normalized spacial score (nSPS) is 17.8. The molecule has 0 amide bonds. The van der Waals surface area contributed by atoms with Crippen LogP contribution in [0.5, 0.6) is 0 Å². The van der Waals surface area contributed by atoms with E-state index in [2.05, 4.69) is 54.5 Å². The Morgan fingerprint density at radius 3 is 2.82 bits per heavy atom. The standard InChI is InChI=1S/C20H26N2/c1-15-5-6-17(14-16(15)2)11-13-21-19-8-7-18-4-3-12-22-20(18)10-9-19/h3-6,12,14,19,21H,7-11,13H2,1-2H3. The Bertz CT molecular complexity index is 606. The van der Waals surface area contributed by atoms with Crippen LogP contribution < -0.4 is 5.32 Å². The van der Waals surface area contributed by atoms with Gasteiger partial charge >= 0.3 is 0 Å². The van der Waals surface area contributed by atoms with E-state index in [0.29, 0.717) is 6.04 Å². The molecule has 2 heteroatoms. The highest BCUT2D eigenvalue weighted by Gasteiger charge is 2.15. The van der Waals surface area contributed by atoms with E-state index < -0.39 is 0 Å². The number of hydrogen-bond donors (Lipinski definition) is 1. The van der Waals surface area contributed by atoms with Crippen LogP contribution >= 0.6 is 0 Å². The number of nitrogens with one attached hydrogen (secondary N) is 1. The summed E-state index contributed by atoms with van der Waals surface area (Å²) in [6, 6.07) is 11.7. The summed E-state index contributed by atoms with van der Waals surface area (Å²) in [5.74, 6) is 0. The second-order valence-corrected chi connectivity index (χ2v) is 6.51. The van der Waals surface area contributed by atoms with Crippen molar-refractivity contribution >= 4 is 0 Å². The molecule has 2 aromatic rings. The van der Waals surface area contributed by atoms with Crippen LogP contribution in [0.25, 0.3) is 0 Å². The van der Waals surface area contributed by atoms with Gasteiger partial charge in [-0.05, 0) is 80.8 Å². The zero-order chi connectivity index (χ0) is 15.4. The molecule has 1 aliphatic rings. The molecule has 0 aliphatic heterocycles. The first-order valence-corrected chi connectivity index (χ1v) is 8.44. The number of rotatable bonds is 4. The van der Waals surface area contributed by atoms with Gasteiger partial charge in [0.1, 0.15) is 0 Å². The Hall–Kier alpha value is -1.67. The molecule has 2 nitrogen and oxygen atoms in total. The van der Waals surface area contributed by atoms with E-state index in [0.717, 1.165) is 25.8 Å². The van der Waals surface area contributed by atoms with Crippen molar-refractivity contribution in [2.24, 2.45) is 0 Å². The van der Waals surface area contributed by atoms with Crippen molar-refractivity contribution < 1.29 is 0 Å². The topological polar surface area (TPSA) is 24.9 Å². The SMILES string of the molecule is Cc1ccc(CCNC2CCc3cccnc3CC2)cc1C. The minimum absolute atomic E-state index is 0.626. The highest BCUT2D eigenvalue weighted by Crippen LogP contribution is 2.18. The van der Waals surface area contributed by atoms with Gasteiger partial charge in [0.25, 0.3) is 0 Å². The van der Waals surface area contributed by atoms with Gasteiger partial charge in [-0.2, -0.15) is 0 Å². The second-order valence-electron chi connectivity index (χ2n) is 6.51. The Kier molecular flexibility index (Phi) is 4.89. The van der Waals surface area contributed by atoms with E-state index in [9.17, 15) is 0 Å². The summed E-state index contributed by atoms with van der Waals surface area (Å²) in [5.41, 5.74) is 6.97. The third-order valence-electron chi connectivity index (χ3n) is 4.89. The fraction of sp³-hybridized carbons (Fsp3) is 0.450. The van der Waals surface area contributed by atoms with Crippen molar-refractivity contribution in [3.8, 4) is 0 Å². The smallest absolute Gasteiger partial charge is 0.0436 e. The van der Waals surface area contributed by atoms with Crippen LogP contribution in [0.3, 0.4) is 0 Å². The van der Waals surface area contributed by atoms with Crippen LogP contribution in [0.4, 0.5) is 0 Å². The largest absolute Gasteiger partial charge is 0.314 e. The molecule has 3 rings (SSSR count). The van der Waals surface area contributed by atoms with Crippen molar-refractivity contribution in [2.75, 3.05) is 6.54 Å². The average Bonchev–Trinajstić information content (AvgIpc) is 2.74. The summed E-state index contributed by atoms with van der Waals surface area (Å²) in [4.78, 5) is 4.53. The number of aryl methyl sites for hydroxylation is 4. The van der Waals surface area contributed by atoms with Gasteiger partial charge in [-0.3, -0.25) is 4.98 Å². The first kappa shape index (κ1) is 15.2. The molecular weight excluding hydrogens is 268 g/mol. The van der Waals surface area contributed by atoms with Crippen LogP contribution in [0.15, 0.2) is 36.5 Å². The zero-order valence-corrected chi connectivity index (χ0v) is 13.7. The predicted octanol–water partition coefficient (Wildman–Crippen LogP) is 3.78. The van der Waals surface area contributed by atoms with Gasteiger partial charge in [0, 0.05) is 17.9 Å². The summed E-state index contributed by atoms with van der Waals surface area (Å²) >= 11 is 0. The number of pyridine rings is 1. The molecule has 0 bridgehead atoms. The Balaban J connectivity index is 1.49. The quantitative estimate of drug-likeness (QED) is 0.868. The van der Waals surface area contributed by atoms with E-state index in [1.807, 2.05) is 6.20 Å². The fourth-order valence-corrected chi connectivity index (χ4v) is 3.29. The van der Waals surface area contributed by atoms with Crippen molar-refractivity contribution in [2.45, 2.75) is 52.0 Å². The second kappa shape index (κ2) is 7.06. The molecule has 1 unspecified atom stereocenters. The Morgan fingerprint density at radius 2 is 1.95 bits per heavy atom. The molecule has 1 aromatic heterocycles. The van der Waals surface area contributed by atoms with Crippen LogP contribution in [-0.2, 0) is 19.3 Å². The van der Waals surface area contributed by atoms with Crippen LogP contribution in [-0.4, -0.2) is 17.6 Å². The zero-order valence-electron chi connectivity index (χ0n) is 13.7. The first-order valence-electron chi connectivity index (χ1n) is 8.44. The van der Waals surface area contributed by atoms with E-state index in [1.165, 1.54) is 40.8 Å². The van der Waals surface area contributed by atoms with Gasteiger partial charge in [-0.1, -0.05) is 24.3 Å². The molecular formula is C20H26N2. The van der Waals surface area contributed by atoms with Crippen LogP contribution in [0, 0.1) is 13.8 Å². The molecule has 1 aliphatic carbocycles. The van der Waals surface area contributed by atoms with Gasteiger partial charge in [0.05, 0.1) is 0 Å². The number of fused-ring (bicyclic) bond motifs is 1. The molecule has 1 heterocycles. The molecule has 116 valence electrons. The molecule has 0 spiro atoms. The van der Waals surface area contributed by atoms with E-state index in [1.54, 1.807) is 0 Å². The number of hydrogen-bond acceptors (Lipinski definition) is 2. The summed E-state index contributed by atoms with van der Waals surface area (Å²) in [6.07, 6.45) is 7.74. The maximum absolute atomic E-state index is 4.53. The lowest BCUT2D eigenvalue weighted by molar-refractivity contribution is 0.466. The monoisotopic (exact) mass is 294 g/mol. The summed E-state index contributed by atoms with van der Waals surface area (Å²) in [7, 11) is 0. The average molecular weight is 294 g/mol. The van der Waals surface area contributed by atoms with E-state index in [4.69, 9.17) is 0 Å². The Morgan fingerprint density at radius 1 is 1.09 bits per heavy atom. The van der Waals surface area contributed by atoms with E-state index >= 15 is 0 Å². The maximum Gasteiger partial charge on any atom is 0.0436 e. The van der Waals surface area contributed by atoms with Crippen molar-refractivity contribution in [3.05, 3.63) is 64.5 Å². The number of nitrogens with zero attached hydrogens (tertiary/aromatic N) is 1. The van der Waals surface area contributed by atoms with Crippen molar-refractivity contribution in [1.82, 2.24) is 10.3 Å². The fourth-order valence-electron chi connectivity index (χ4n) is 3.29. The van der Waals surface area contributed by atoms with Gasteiger partial charge in [0.2, 0.25) is 0 Å². The number of aromatic nitrogens is 1. The van der Waals surface area contributed by atoms with Gasteiger partial charge < -0.3 is 5.32 Å². The predicted molar refractivity (Wildman–Crippen MR) is 92.3 cm³/mol. The van der Waals surface area contributed by atoms with Crippen molar-refractivity contribution in [3.63, 3.8) is 0 Å². The molecule has 1 aromatic carbocycles. The molecule has 0 radical (unpaired) electrons. The lowest BCUT2D eigenvalue weighted by Gasteiger charge is -2.16. The highest BCUT2D eigenvalue weighted by atomic mass is 14.9. The summed E-state index contributed by atoms with van der Waals surface area (Å²) in [6.45, 7) is 5.44. The Labute approximate surface area is 134 Å². The molecule has 0 saturated heterocycles. The van der Waals surface area contributed by atoms with Gasteiger partial charge in [0.15, 0.2) is 0 Å². The minimum Gasteiger partial charge on any atom is -0.314 e. The molecule has 0 fully saturated rings. The number of benzene rings is 1. The lowest BCUT2D eigenvalue weighted by Crippen LogP contribution is -2.31. The maximum atomic E-state index is 4.53. The third kappa shape index (κ3) is 3.75. The van der Waals surface area contributed by atoms with Gasteiger partial charge in [-0.15, -0.1) is 0 Å². The molecule has 0 saturated carbocycles. The highest BCUT2D eigenvalue weighted by molar-refractivity contribution is 5.30. The summed E-state index contributed by atoms with van der Waals surface area (Å²) < 4.78 is 0.